The molecular formula is C18H21N3O4S2. The lowest BCUT2D eigenvalue weighted by atomic mass is 9.98. The van der Waals surface area contributed by atoms with E-state index in [0.29, 0.717) is 34.8 Å². The van der Waals surface area contributed by atoms with Crippen molar-refractivity contribution in [3.63, 3.8) is 0 Å². The normalized spacial score (nSPS) is 18.0. The van der Waals surface area contributed by atoms with Crippen molar-refractivity contribution in [3.05, 3.63) is 47.3 Å². The van der Waals surface area contributed by atoms with Crippen LogP contribution in [-0.4, -0.2) is 44.7 Å². The van der Waals surface area contributed by atoms with Gasteiger partial charge in [-0.05, 0) is 48.6 Å². The van der Waals surface area contributed by atoms with Crippen LogP contribution in [0.3, 0.4) is 0 Å². The number of thiophene rings is 1. The Kier molecular flexibility index (Phi) is 5.93. The summed E-state index contributed by atoms with van der Waals surface area (Å²) >= 11 is 1.18. The lowest BCUT2D eigenvalue weighted by Crippen LogP contribution is -2.43. The van der Waals surface area contributed by atoms with E-state index in [1.54, 1.807) is 48.8 Å². The number of carbonyl (C=O) groups excluding carboxylic acids is 2. The summed E-state index contributed by atoms with van der Waals surface area (Å²) in [6, 6.07) is 9.86. The molecule has 0 unspecified atom stereocenters. The van der Waals surface area contributed by atoms with Gasteiger partial charge < -0.3 is 10.6 Å². The first-order valence-electron chi connectivity index (χ1n) is 8.58. The van der Waals surface area contributed by atoms with Crippen molar-refractivity contribution < 1.29 is 18.0 Å². The topological polar surface area (TPSA) is 95.6 Å². The molecule has 0 radical (unpaired) electrons. The van der Waals surface area contributed by atoms with E-state index in [1.165, 1.54) is 15.6 Å². The van der Waals surface area contributed by atoms with Gasteiger partial charge in [0.2, 0.25) is 5.91 Å². The third kappa shape index (κ3) is 4.37. The number of anilines is 1. The summed E-state index contributed by atoms with van der Waals surface area (Å²) in [5.41, 5.74) is 1.08. The molecule has 9 heteroatoms. The fraction of sp³-hybridized carbons (Fsp3) is 0.333. The maximum absolute atomic E-state index is 12.7. The van der Waals surface area contributed by atoms with E-state index in [4.69, 9.17) is 0 Å². The van der Waals surface area contributed by atoms with Crippen LogP contribution in [0.25, 0.3) is 0 Å². The number of nitrogens with zero attached hydrogens (tertiary/aromatic N) is 1. The number of benzene rings is 1. The zero-order chi connectivity index (χ0) is 19.4. The lowest BCUT2D eigenvalue weighted by Gasteiger charge is -2.30. The summed E-state index contributed by atoms with van der Waals surface area (Å²) in [7, 11) is -2.00. The fourth-order valence-electron chi connectivity index (χ4n) is 3.01. The minimum absolute atomic E-state index is 0.169. The molecule has 1 saturated heterocycles. The van der Waals surface area contributed by atoms with Gasteiger partial charge in [0.05, 0.1) is 5.92 Å². The van der Waals surface area contributed by atoms with Crippen LogP contribution in [0.5, 0.6) is 0 Å². The Bertz CT molecular complexity index is 909. The Balaban J connectivity index is 1.66. The van der Waals surface area contributed by atoms with Crippen molar-refractivity contribution in [2.24, 2.45) is 5.92 Å². The molecule has 1 atom stereocenters. The zero-order valence-electron chi connectivity index (χ0n) is 14.8. The molecule has 1 aromatic carbocycles. The first-order chi connectivity index (χ1) is 12.9. The number of hydrogen-bond donors (Lipinski definition) is 2. The standard InChI is InChI=1S/C18H21N3O4S2/c1-19-17(22)13-6-8-15(9-7-13)20-18(23)14-4-2-10-21(12-14)27(24,25)16-5-3-11-26-16/h3,5-9,11,14H,2,4,10,12H2,1H3,(H,19,22)(H,20,23)/t14-/m0/s1. The summed E-state index contributed by atoms with van der Waals surface area (Å²) in [4.78, 5) is 24.2. The van der Waals surface area contributed by atoms with E-state index in [9.17, 15) is 18.0 Å². The second-order valence-electron chi connectivity index (χ2n) is 6.28. The monoisotopic (exact) mass is 407 g/mol. The van der Waals surface area contributed by atoms with Crippen LogP contribution in [0.15, 0.2) is 46.0 Å². The number of sulfonamides is 1. The molecular weight excluding hydrogens is 386 g/mol. The number of hydrogen-bond acceptors (Lipinski definition) is 5. The Labute approximate surface area is 162 Å². The Morgan fingerprint density at radius 2 is 1.93 bits per heavy atom. The van der Waals surface area contributed by atoms with Gasteiger partial charge in [-0.1, -0.05) is 6.07 Å². The van der Waals surface area contributed by atoms with Crippen LogP contribution in [0.2, 0.25) is 0 Å². The maximum atomic E-state index is 12.7. The molecule has 2 amide bonds. The molecule has 2 aromatic rings. The Morgan fingerprint density at radius 1 is 1.19 bits per heavy atom. The largest absolute Gasteiger partial charge is 0.355 e. The van der Waals surface area contributed by atoms with Gasteiger partial charge in [0.15, 0.2) is 0 Å². The van der Waals surface area contributed by atoms with E-state index in [-0.39, 0.29) is 18.4 Å². The van der Waals surface area contributed by atoms with Gasteiger partial charge >= 0.3 is 0 Å². The first kappa shape index (κ1) is 19.5. The minimum atomic E-state index is -3.55. The number of amides is 2. The van der Waals surface area contributed by atoms with Crippen LogP contribution in [-0.2, 0) is 14.8 Å². The molecule has 144 valence electrons. The van der Waals surface area contributed by atoms with Crippen LogP contribution >= 0.6 is 11.3 Å². The van der Waals surface area contributed by atoms with Crippen LogP contribution in [0, 0.1) is 5.92 Å². The van der Waals surface area contributed by atoms with Gasteiger partial charge in [-0.15, -0.1) is 11.3 Å². The zero-order valence-corrected chi connectivity index (χ0v) is 16.5. The molecule has 0 spiro atoms. The second-order valence-corrected chi connectivity index (χ2v) is 9.39. The lowest BCUT2D eigenvalue weighted by molar-refractivity contribution is -0.120. The number of rotatable bonds is 5. The highest BCUT2D eigenvalue weighted by Crippen LogP contribution is 2.27. The molecule has 27 heavy (non-hydrogen) atoms. The van der Waals surface area contributed by atoms with E-state index >= 15 is 0 Å². The highest BCUT2D eigenvalue weighted by Gasteiger charge is 2.33. The van der Waals surface area contributed by atoms with E-state index in [0.717, 1.165) is 0 Å². The van der Waals surface area contributed by atoms with Gasteiger partial charge in [0.25, 0.3) is 15.9 Å². The second kappa shape index (κ2) is 8.20. The van der Waals surface area contributed by atoms with Crippen molar-refractivity contribution in [1.82, 2.24) is 9.62 Å². The van der Waals surface area contributed by atoms with Crippen molar-refractivity contribution in [2.45, 2.75) is 17.1 Å². The summed E-state index contributed by atoms with van der Waals surface area (Å²) in [6.45, 7) is 0.591. The summed E-state index contributed by atoms with van der Waals surface area (Å²) < 4.78 is 27.0. The third-order valence-corrected chi connectivity index (χ3v) is 7.72. The summed E-state index contributed by atoms with van der Waals surface area (Å²) in [6.07, 6.45) is 1.27. The number of nitrogens with one attached hydrogen (secondary N) is 2. The maximum Gasteiger partial charge on any atom is 0.252 e. The van der Waals surface area contributed by atoms with Gasteiger partial charge in [-0.25, -0.2) is 8.42 Å². The number of carbonyl (C=O) groups is 2. The van der Waals surface area contributed by atoms with E-state index in [2.05, 4.69) is 10.6 Å². The van der Waals surface area contributed by atoms with Gasteiger partial charge in [-0.3, -0.25) is 9.59 Å². The van der Waals surface area contributed by atoms with E-state index < -0.39 is 15.9 Å². The van der Waals surface area contributed by atoms with Gasteiger partial charge in [-0.2, -0.15) is 4.31 Å². The Hall–Kier alpha value is -2.23. The molecule has 0 bridgehead atoms. The number of piperidine rings is 1. The Morgan fingerprint density at radius 3 is 2.56 bits per heavy atom. The molecule has 3 rings (SSSR count). The fourth-order valence-corrected chi connectivity index (χ4v) is 5.67. The SMILES string of the molecule is CNC(=O)c1ccc(NC(=O)[C@H]2CCCN(S(=O)(=O)c3cccs3)C2)cc1. The van der Waals surface area contributed by atoms with Gasteiger partial charge in [0.1, 0.15) is 4.21 Å². The average molecular weight is 408 g/mol. The van der Waals surface area contributed by atoms with Crippen molar-refractivity contribution in [2.75, 3.05) is 25.5 Å². The predicted octanol–water partition coefficient (Wildman–Crippen LogP) is 2.15. The summed E-state index contributed by atoms with van der Waals surface area (Å²) in [5, 5.41) is 7.07. The van der Waals surface area contributed by atoms with Crippen LogP contribution < -0.4 is 10.6 Å². The molecule has 1 aliphatic heterocycles. The van der Waals surface area contributed by atoms with Gasteiger partial charge in [0, 0.05) is 31.4 Å². The molecule has 2 N–H and O–H groups in total. The molecule has 2 heterocycles. The smallest absolute Gasteiger partial charge is 0.252 e. The van der Waals surface area contributed by atoms with Crippen LogP contribution in [0.1, 0.15) is 23.2 Å². The third-order valence-electron chi connectivity index (χ3n) is 4.49. The molecule has 0 saturated carbocycles. The first-order valence-corrected chi connectivity index (χ1v) is 10.9. The van der Waals surface area contributed by atoms with Crippen molar-refractivity contribution in [1.29, 1.82) is 0 Å². The molecule has 0 aliphatic carbocycles. The summed E-state index contributed by atoms with van der Waals surface area (Å²) in [5.74, 6) is -0.824. The minimum Gasteiger partial charge on any atom is -0.355 e. The van der Waals surface area contributed by atoms with Crippen molar-refractivity contribution in [3.8, 4) is 0 Å². The predicted molar refractivity (Wildman–Crippen MR) is 104 cm³/mol. The molecule has 1 aliphatic rings. The highest BCUT2D eigenvalue weighted by molar-refractivity contribution is 7.91. The average Bonchev–Trinajstić information content (AvgIpc) is 3.24. The van der Waals surface area contributed by atoms with Crippen LogP contribution in [0.4, 0.5) is 5.69 Å². The highest BCUT2D eigenvalue weighted by atomic mass is 32.2. The van der Waals surface area contributed by atoms with E-state index in [1.807, 2.05) is 0 Å². The quantitative estimate of drug-likeness (QED) is 0.794. The molecule has 1 fully saturated rings. The van der Waals surface area contributed by atoms with Crippen molar-refractivity contribution >= 4 is 38.9 Å². The molecule has 1 aromatic heterocycles. The molecule has 7 nitrogen and oxygen atoms in total.